The van der Waals surface area contributed by atoms with Crippen molar-refractivity contribution in [3.8, 4) is 5.75 Å². The number of rotatable bonds is 5. The van der Waals surface area contributed by atoms with Crippen molar-refractivity contribution in [2.24, 2.45) is 5.73 Å². The van der Waals surface area contributed by atoms with Crippen LogP contribution < -0.4 is 15.8 Å². The highest BCUT2D eigenvalue weighted by molar-refractivity contribution is 6.29. The van der Waals surface area contributed by atoms with E-state index < -0.39 is 0 Å². The molecule has 1 heterocycles. The zero-order valence-electron chi connectivity index (χ0n) is 9.64. The second-order valence-electron chi connectivity index (χ2n) is 3.53. The smallest absolute Gasteiger partial charge is 0.153 e. The van der Waals surface area contributed by atoms with Crippen LogP contribution in [0, 0.1) is 0 Å². The van der Waals surface area contributed by atoms with Crippen molar-refractivity contribution in [2.45, 2.75) is 0 Å². The first kappa shape index (κ1) is 12.6. The zero-order valence-corrected chi connectivity index (χ0v) is 10.4. The van der Waals surface area contributed by atoms with Gasteiger partial charge in [-0.3, -0.25) is 0 Å². The Kier molecular flexibility index (Phi) is 4.33. The maximum absolute atomic E-state index is 5.66. The third kappa shape index (κ3) is 3.58. The number of anilines is 2. The number of ether oxygens (including phenoxy) is 1. The molecule has 5 nitrogen and oxygen atoms in total. The van der Waals surface area contributed by atoms with Crippen LogP contribution in [0.1, 0.15) is 0 Å². The predicted octanol–water partition coefficient (Wildman–Crippen LogP) is 2.21. The molecule has 0 aliphatic heterocycles. The van der Waals surface area contributed by atoms with Gasteiger partial charge in [0, 0.05) is 12.2 Å². The molecule has 0 aliphatic carbocycles. The largest absolute Gasteiger partial charge is 0.492 e. The molecule has 3 N–H and O–H groups in total. The van der Waals surface area contributed by atoms with Crippen LogP contribution in [0.5, 0.6) is 5.75 Å². The monoisotopic (exact) mass is 264 g/mol. The summed E-state index contributed by atoms with van der Waals surface area (Å²) < 4.78 is 5.38. The van der Waals surface area contributed by atoms with E-state index >= 15 is 0 Å². The van der Waals surface area contributed by atoms with Crippen LogP contribution in [0.25, 0.3) is 0 Å². The molecule has 94 valence electrons. The van der Waals surface area contributed by atoms with Gasteiger partial charge in [-0.15, -0.1) is 10.2 Å². The molecule has 0 unspecified atom stereocenters. The first-order valence-corrected chi connectivity index (χ1v) is 5.85. The van der Waals surface area contributed by atoms with Crippen LogP contribution in [0.4, 0.5) is 11.5 Å². The van der Waals surface area contributed by atoms with Gasteiger partial charge in [-0.1, -0.05) is 11.6 Å². The lowest BCUT2D eigenvalue weighted by Gasteiger charge is -2.07. The van der Waals surface area contributed by atoms with E-state index in [-0.39, 0.29) is 0 Å². The molecule has 0 bridgehead atoms. The zero-order chi connectivity index (χ0) is 12.8. The summed E-state index contributed by atoms with van der Waals surface area (Å²) >= 11 is 5.66. The van der Waals surface area contributed by atoms with Gasteiger partial charge < -0.3 is 15.8 Å². The summed E-state index contributed by atoms with van der Waals surface area (Å²) in [6, 6.07) is 10.9. The number of hydrogen-bond acceptors (Lipinski definition) is 5. The molecule has 2 rings (SSSR count). The molecule has 1 aromatic heterocycles. The molecule has 6 heteroatoms. The summed E-state index contributed by atoms with van der Waals surface area (Å²) in [5.41, 5.74) is 6.25. The second-order valence-corrected chi connectivity index (χ2v) is 3.92. The summed E-state index contributed by atoms with van der Waals surface area (Å²) in [6.07, 6.45) is 0. The summed E-state index contributed by atoms with van der Waals surface area (Å²) in [5, 5.41) is 11.1. The normalized spacial score (nSPS) is 10.1. The minimum atomic E-state index is 0.367. The first-order chi connectivity index (χ1) is 8.78. The van der Waals surface area contributed by atoms with E-state index in [4.69, 9.17) is 22.1 Å². The molecule has 0 saturated heterocycles. The minimum Gasteiger partial charge on any atom is -0.492 e. The Morgan fingerprint density at radius 2 is 1.89 bits per heavy atom. The molecular formula is C12H13ClN4O. The van der Waals surface area contributed by atoms with E-state index in [1.165, 1.54) is 0 Å². The van der Waals surface area contributed by atoms with Gasteiger partial charge >= 0.3 is 0 Å². The molecule has 0 radical (unpaired) electrons. The number of nitrogens with one attached hydrogen (secondary N) is 1. The second kappa shape index (κ2) is 6.18. The molecular weight excluding hydrogens is 252 g/mol. The topological polar surface area (TPSA) is 73.1 Å². The fourth-order valence-electron chi connectivity index (χ4n) is 1.34. The van der Waals surface area contributed by atoms with Crippen molar-refractivity contribution < 1.29 is 4.74 Å². The highest BCUT2D eigenvalue weighted by Crippen LogP contribution is 2.18. The summed E-state index contributed by atoms with van der Waals surface area (Å²) in [6.45, 7) is 1.01. The average molecular weight is 265 g/mol. The Morgan fingerprint density at radius 3 is 2.50 bits per heavy atom. The van der Waals surface area contributed by atoms with Gasteiger partial charge in [-0.25, -0.2) is 0 Å². The summed E-state index contributed by atoms with van der Waals surface area (Å²) in [7, 11) is 0. The molecule has 0 aliphatic rings. The van der Waals surface area contributed by atoms with Crippen molar-refractivity contribution in [1.29, 1.82) is 0 Å². The lowest BCUT2D eigenvalue weighted by Crippen LogP contribution is -2.10. The number of benzene rings is 1. The van der Waals surface area contributed by atoms with Crippen LogP contribution in [-0.2, 0) is 0 Å². The average Bonchev–Trinajstić information content (AvgIpc) is 2.41. The van der Waals surface area contributed by atoms with Crippen LogP contribution in [0.3, 0.4) is 0 Å². The Hall–Kier alpha value is -1.85. The van der Waals surface area contributed by atoms with Gasteiger partial charge in [-0.2, -0.15) is 0 Å². The quantitative estimate of drug-likeness (QED) is 0.866. The van der Waals surface area contributed by atoms with E-state index in [1.807, 2.05) is 24.3 Å². The van der Waals surface area contributed by atoms with E-state index in [0.717, 1.165) is 11.4 Å². The number of aromatic nitrogens is 2. The van der Waals surface area contributed by atoms with Crippen molar-refractivity contribution in [2.75, 3.05) is 18.5 Å². The lowest BCUT2D eigenvalue weighted by molar-refractivity contribution is 0.328. The maximum atomic E-state index is 5.66. The van der Waals surface area contributed by atoms with Crippen molar-refractivity contribution in [3.05, 3.63) is 41.6 Å². The molecule has 0 saturated carbocycles. The van der Waals surface area contributed by atoms with Crippen LogP contribution in [0.15, 0.2) is 36.4 Å². The van der Waals surface area contributed by atoms with E-state index in [2.05, 4.69) is 15.5 Å². The van der Waals surface area contributed by atoms with Gasteiger partial charge in [0.05, 0.1) is 0 Å². The molecule has 0 amide bonds. The molecule has 0 spiro atoms. The molecule has 1 aromatic carbocycles. The molecule has 0 fully saturated rings. The fourth-order valence-corrected chi connectivity index (χ4v) is 1.44. The Balaban J connectivity index is 1.99. The number of nitrogens with two attached hydrogens (primary N) is 1. The Morgan fingerprint density at radius 1 is 1.11 bits per heavy atom. The van der Waals surface area contributed by atoms with Gasteiger partial charge in [-0.05, 0) is 36.4 Å². The first-order valence-electron chi connectivity index (χ1n) is 5.47. The van der Waals surface area contributed by atoms with E-state index in [9.17, 15) is 0 Å². The fraction of sp³-hybridized carbons (Fsp3) is 0.167. The lowest BCUT2D eigenvalue weighted by atomic mass is 10.3. The van der Waals surface area contributed by atoms with Gasteiger partial charge in [0.15, 0.2) is 11.0 Å². The van der Waals surface area contributed by atoms with Gasteiger partial charge in [0.25, 0.3) is 0 Å². The number of hydrogen-bond donors (Lipinski definition) is 2. The van der Waals surface area contributed by atoms with Gasteiger partial charge in [0.1, 0.15) is 12.4 Å². The Bertz CT molecular complexity index is 486. The molecule has 2 aromatic rings. The third-order valence-corrected chi connectivity index (χ3v) is 2.35. The molecule has 18 heavy (non-hydrogen) atoms. The highest BCUT2D eigenvalue weighted by atomic mass is 35.5. The van der Waals surface area contributed by atoms with Crippen molar-refractivity contribution in [3.63, 3.8) is 0 Å². The molecule has 0 atom stereocenters. The highest BCUT2D eigenvalue weighted by Gasteiger charge is 1.98. The SMILES string of the molecule is NCCOc1ccc(Nc2ccc(Cl)nn2)cc1. The predicted molar refractivity (Wildman–Crippen MR) is 71.3 cm³/mol. The maximum Gasteiger partial charge on any atom is 0.153 e. The van der Waals surface area contributed by atoms with Crippen molar-refractivity contribution in [1.82, 2.24) is 10.2 Å². The standard InChI is InChI=1S/C12H13ClN4O/c13-11-5-6-12(17-16-11)15-9-1-3-10(4-2-9)18-8-7-14/h1-6H,7-8,14H2,(H,15,17). The third-order valence-electron chi connectivity index (χ3n) is 2.15. The van der Waals surface area contributed by atoms with Gasteiger partial charge in [0.2, 0.25) is 0 Å². The van der Waals surface area contributed by atoms with Crippen LogP contribution >= 0.6 is 11.6 Å². The van der Waals surface area contributed by atoms with Crippen molar-refractivity contribution >= 4 is 23.1 Å². The number of halogens is 1. The minimum absolute atomic E-state index is 0.367. The van der Waals surface area contributed by atoms with Crippen LogP contribution in [-0.4, -0.2) is 23.3 Å². The number of nitrogens with zero attached hydrogens (tertiary/aromatic N) is 2. The Labute approximate surface area is 110 Å². The summed E-state index contributed by atoms with van der Waals surface area (Å²) in [4.78, 5) is 0. The van der Waals surface area contributed by atoms with Crippen LogP contribution in [0.2, 0.25) is 5.15 Å². The van der Waals surface area contributed by atoms with E-state index in [0.29, 0.717) is 24.1 Å². The van der Waals surface area contributed by atoms with E-state index in [1.54, 1.807) is 12.1 Å². The summed E-state index contributed by atoms with van der Waals surface area (Å²) in [5.74, 6) is 1.42.